The van der Waals surface area contributed by atoms with E-state index in [-0.39, 0.29) is 6.04 Å². The summed E-state index contributed by atoms with van der Waals surface area (Å²) in [5.41, 5.74) is 2.66. The van der Waals surface area contributed by atoms with Crippen molar-refractivity contribution in [2.75, 3.05) is 19.5 Å². The van der Waals surface area contributed by atoms with Crippen molar-refractivity contribution in [3.05, 3.63) is 28.8 Å². The normalized spacial score (nSPS) is 12.4. The van der Waals surface area contributed by atoms with Crippen LogP contribution in [0.25, 0.3) is 16.1 Å². The van der Waals surface area contributed by atoms with E-state index in [4.69, 9.17) is 9.47 Å². The molecule has 3 rings (SSSR count). The number of aromatic nitrogens is 3. The molecule has 0 saturated carbocycles. The molecule has 0 spiro atoms. The fourth-order valence-corrected chi connectivity index (χ4v) is 3.69. The second-order valence-corrected chi connectivity index (χ2v) is 7.66. The molecular weight excluding hydrogens is 364 g/mol. The molecule has 7 nitrogen and oxygen atoms in total. The molecule has 8 heteroatoms. The third kappa shape index (κ3) is 3.37. The van der Waals surface area contributed by atoms with Crippen LogP contribution in [-0.4, -0.2) is 40.8 Å². The second kappa shape index (κ2) is 7.56. The molecule has 0 saturated heterocycles. The summed E-state index contributed by atoms with van der Waals surface area (Å²) >= 11 is 1.62. The van der Waals surface area contributed by atoms with Gasteiger partial charge in [-0.15, -0.1) is 11.3 Å². The summed E-state index contributed by atoms with van der Waals surface area (Å²) in [4.78, 5) is 17.8. The van der Waals surface area contributed by atoms with Crippen LogP contribution in [0.4, 0.5) is 5.82 Å². The van der Waals surface area contributed by atoms with Crippen molar-refractivity contribution in [1.29, 1.82) is 0 Å². The summed E-state index contributed by atoms with van der Waals surface area (Å²) < 4.78 is 12.1. The van der Waals surface area contributed by atoms with Crippen LogP contribution in [0.3, 0.4) is 0 Å². The SMILES string of the molecule is COC(=O)c1cnn2c(NC(C)C(C)C)c(-c3sccc3C)c(OC)nc12. The average molecular weight is 388 g/mol. The van der Waals surface area contributed by atoms with Gasteiger partial charge >= 0.3 is 5.97 Å². The van der Waals surface area contributed by atoms with Crippen molar-refractivity contribution in [3.63, 3.8) is 0 Å². The predicted octanol–water partition coefficient (Wildman–Crippen LogP) is 4.02. The maximum absolute atomic E-state index is 12.1. The van der Waals surface area contributed by atoms with Gasteiger partial charge in [0.25, 0.3) is 0 Å². The Kier molecular flexibility index (Phi) is 5.36. The summed E-state index contributed by atoms with van der Waals surface area (Å²) in [6.07, 6.45) is 1.48. The minimum absolute atomic E-state index is 0.171. The van der Waals surface area contributed by atoms with Crippen LogP contribution >= 0.6 is 11.3 Å². The number of anilines is 1. The monoisotopic (exact) mass is 388 g/mol. The van der Waals surface area contributed by atoms with Crippen LogP contribution < -0.4 is 10.1 Å². The van der Waals surface area contributed by atoms with E-state index < -0.39 is 5.97 Å². The molecule has 1 N–H and O–H groups in total. The van der Waals surface area contributed by atoms with Gasteiger partial charge in [-0.1, -0.05) is 13.8 Å². The highest BCUT2D eigenvalue weighted by Gasteiger charge is 2.26. The van der Waals surface area contributed by atoms with Gasteiger partial charge in [-0.3, -0.25) is 0 Å². The van der Waals surface area contributed by atoms with E-state index in [1.54, 1.807) is 23.0 Å². The molecule has 0 aliphatic carbocycles. The Labute approximate surface area is 162 Å². The number of nitrogens with one attached hydrogen (secondary N) is 1. The number of ether oxygens (including phenoxy) is 2. The van der Waals surface area contributed by atoms with Gasteiger partial charge in [0.2, 0.25) is 5.88 Å². The minimum Gasteiger partial charge on any atom is -0.480 e. The second-order valence-electron chi connectivity index (χ2n) is 6.74. The molecule has 3 heterocycles. The lowest BCUT2D eigenvalue weighted by Crippen LogP contribution is -2.24. The van der Waals surface area contributed by atoms with Crippen LogP contribution in [0.1, 0.15) is 36.7 Å². The number of fused-ring (bicyclic) bond motifs is 1. The molecule has 3 aromatic rings. The van der Waals surface area contributed by atoms with Gasteiger partial charge in [-0.2, -0.15) is 14.6 Å². The highest BCUT2D eigenvalue weighted by atomic mass is 32.1. The summed E-state index contributed by atoms with van der Waals surface area (Å²) in [6, 6.07) is 2.23. The first-order chi connectivity index (χ1) is 12.9. The van der Waals surface area contributed by atoms with Crippen molar-refractivity contribution in [2.24, 2.45) is 5.92 Å². The molecule has 1 unspecified atom stereocenters. The molecule has 0 aliphatic heterocycles. The third-order valence-electron chi connectivity index (χ3n) is 4.67. The fraction of sp³-hybridized carbons (Fsp3) is 0.421. The summed E-state index contributed by atoms with van der Waals surface area (Å²) in [7, 11) is 2.92. The molecule has 0 radical (unpaired) electrons. The Balaban J connectivity index is 2.34. The molecule has 0 aliphatic rings. The first kappa shape index (κ1) is 19.2. The van der Waals surface area contributed by atoms with Gasteiger partial charge in [0.1, 0.15) is 11.4 Å². The molecular formula is C19H24N4O3S. The van der Waals surface area contributed by atoms with Crippen molar-refractivity contribution in [3.8, 4) is 16.3 Å². The van der Waals surface area contributed by atoms with Crippen LogP contribution in [-0.2, 0) is 4.74 Å². The molecule has 1 atom stereocenters. The average Bonchev–Trinajstić information content (AvgIpc) is 3.26. The lowest BCUT2D eigenvalue weighted by molar-refractivity contribution is 0.0602. The van der Waals surface area contributed by atoms with Crippen molar-refractivity contribution in [1.82, 2.24) is 14.6 Å². The minimum atomic E-state index is -0.484. The van der Waals surface area contributed by atoms with Crippen LogP contribution in [0.5, 0.6) is 5.88 Å². The van der Waals surface area contributed by atoms with E-state index >= 15 is 0 Å². The first-order valence-electron chi connectivity index (χ1n) is 8.74. The van der Waals surface area contributed by atoms with E-state index in [1.807, 2.05) is 12.3 Å². The van der Waals surface area contributed by atoms with Crippen molar-refractivity contribution >= 4 is 28.8 Å². The Morgan fingerprint density at radius 3 is 2.59 bits per heavy atom. The van der Waals surface area contributed by atoms with Gasteiger partial charge in [0.15, 0.2) is 5.65 Å². The fourth-order valence-electron chi connectivity index (χ4n) is 2.72. The van der Waals surface area contributed by atoms with Crippen LogP contribution in [0.2, 0.25) is 0 Å². The maximum atomic E-state index is 12.1. The summed E-state index contributed by atoms with van der Waals surface area (Å²) in [5, 5.41) is 10.00. The number of rotatable bonds is 6. The number of methoxy groups -OCH3 is 2. The third-order valence-corrected chi connectivity index (χ3v) is 5.70. The Morgan fingerprint density at radius 2 is 2.04 bits per heavy atom. The van der Waals surface area contributed by atoms with E-state index in [2.05, 4.69) is 42.2 Å². The number of thiophene rings is 1. The smallest absolute Gasteiger partial charge is 0.343 e. The number of esters is 1. The number of hydrogen-bond acceptors (Lipinski definition) is 7. The molecule has 0 aromatic carbocycles. The molecule has 144 valence electrons. The van der Waals surface area contributed by atoms with Gasteiger partial charge in [0, 0.05) is 10.9 Å². The number of hydrogen-bond donors (Lipinski definition) is 1. The summed E-state index contributed by atoms with van der Waals surface area (Å²) in [6.45, 7) is 8.45. The largest absolute Gasteiger partial charge is 0.480 e. The Morgan fingerprint density at radius 1 is 1.30 bits per heavy atom. The maximum Gasteiger partial charge on any atom is 0.343 e. The molecule has 0 bridgehead atoms. The van der Waals surface area contributed by atoms with Gasteiger partial charge in [-0.05, 0) is 36.8 Å². The van der Waals surface area contributed by atoms with Gasteiger partial charge in [-0.25, -0.2) is 4.79 Å². The number of nitrogens with zero attached hydrogens (tertiary/aromatic N) is 3. The quantitative estimate of drug-likeness (QED) is 0.643. The van der Waals surface area contributed by atoms with E-state index in [0.29, 0.717) is 23.0 Å². The highest BCUT2D eigenvalue weighted by molar-refractivity contribution is 7.13. The van der Waals surface area contributed by atoms with Gasteiger partial charge < -0.3 is 14.8 Å². The topological polar surface area (TPSA) is 77.8 Å². The number of carbonyl (C=O) groups is 1. The molecule has 0 amide bonds. The van der Waals surface area contributed by atoms with E-state index in [9.17, 15) is 4.79 Å². The highest BCUT2D eigenvalue weighted by Crippen LogP contribution is 2.41. The van der Waals surface area contributed by atoms with Crippen molar-refractivity contribution in [2.45, 2.75) is 33.7 Å². The van der Waals surface area contributed by atoms with E-state index in [1.165, 1.54) is 13.3 Å². The number of aryl methyl sites for hydroxylation is 1. The number of carbonyl (C=O) groups excluding carboxylic acids is 1. The lowest BCUT2D eigenvalue weighted by atomic mass is 10.1. The Bertz CT molecular complexity index is 977. The molecule has 0 fully saturated rings. The van der Waals surface area contributed by atoms with Crippen molar-refractivity contribution < 1.29 is 14.3 Å². The molecule has 27 heavy (non-hydrogen) atoms. The lowest BCUT2D eigenvalue weighted by Gasteiger charge is -2.22. The Hall–Kier alpha value is -2.61. The van der Waals surface area contributed by atoms with Crippen LogP contribution in [0, 0.1) is 12.8 Å². The van der Waals surface area contributed by atoms with Gasteiger partial charge in [0.05, 0.1) is 26.0 Å². The summed E-state index contributed by atoms with van der Waals surface area (Å²) in [5.74, 6) is 1.10. The zero-order valence-corrected chi connectivity index (χ0v) is 17.2. The molecule has 3 aromatic heterocycles. The van der Waals surface area contributed by atoms with E-state index in [0.717, 1.165) is 21.8 Å². The zero-order chi connectivity index (χ0) is 19.7. The standard InChI is InChI=1S/C19H24N4O3S/c1-10(2)12(4)21-17-14(15-11(3)7-8-27-15)18(25-5)22-16-13(19(24)26-6)9-20-23(16)17/h7-10,12,21H,1-6H3. The predicted molar refractivity (Wildman–Crippen MR) is 107 cm³/mol. The zero-order valence-electron chi connectivity index (χ0n) is 16.4. The first-order valence-corrected chi connectivity index (χ1v) is 9.62. The van der Waals surface area contributed by atoms with Crippen LogP contribution in [0.15, 0.2) is 17.6 Å².